The van der Waals surface area contributed by atoms with E-state index in [0.717, 1.165) is 23.2 Å². The molecule has 8 nitrogen and oxygen atoms in total. The predicted molar refractivity (Wildman–Crippen MR) is 98.9 cm³/mol. The number of benzene rings is 1. The number of aliphatic carboxylic acids is 1. The van der Waals surface area contributed by atoms with Crippen LogP contribution >= 0.6 is 0 Å². The number of rotatable bonds is 6. The van der Waals surface area contributed by atoms with Crippen LogP contribution in [0.3, 0.4) is 0 Å². The highest BCUT2D eigenvalue weighted by molar-refractivity contribution is 5.75. The number of hydrogen-bond acceptors (Lipinski definition) is 6. The average molecular weight is 364 g/mol. The maximum atomic E-state index is 11.8. The largest absolute Gasteiger partial charge is 0.480 e. The third kappa shape index (κ3) is 3.80. The second-order valence-electron chi connectivity index (χ2n) is 6.48. The van der Waals surface area contributed by atoms with Crippen molar-refractivity contribution in [2.45, 2.75) is 25.6 Å². The zero-order chi connectivity index (χ0) is 18.6. The third-order valence-corrected chi connectivity index (χ3v) is 4.64. The van der Waals surface area contributed by atoms with Crippen molar-refractivity contribution < 1.29 is 9.90 Å². The molecule has 138 valence electrons. The number of carboxylic acid groups (broad SMARTS) is 1. The van der Waals surface area contributed by atoms with Crippen LogP contribution < -0.4 is 5.32 Å². The highest BCUT2D eigenvalue weighted by Gasteiger charge is 2.35. The van der Waals surface area contributed by atoms with Gasteiger partial charge in [-0.25, -0.2) is 15.0 Å². The van der Waals surface area contributed by atoms with Gasteiger partial charge in [-0.1, -0.05) is 30.3 Å². The summed E-state index contributed by atoms with van der Waals surface area (Å²) in [5, 5.41) is 12.8. The molecule has 3 N–H and O–H groups in total. The molecule has 27 heavy (non-hydrogen) atoms. The van der Waals surface area contributed by atoms with Crippen LogP contribution in [0.15, 0.2) is 49.1 Å². The molecule has 8 heteroatoms. The Balaban J connectivity index is 1.41. The van der Waals surface area contributed by atoms with Gasteiger partial charge in [0.15, 0.2) is 6.04 Å². The van der Waals surface area contributed by atoms with Gasteiger partial charge in [0.25, 0.3) is 0 Å². The fraction of sp³-hybridized carbons (Fsp3) is 0.263. The van der Waals surface area contributed by atoms with Gasteiger partial charge in [0.05, 0.1) is 12.0 Å². The molecule has 1 aliphatic heterocycles. The van der Waals surface area contributed by atoms with Crippen molar-refractivity contribution in [3.63, 3.8) is 0 Å². The van der Waals surface area contributed by atoms with Crippen molar-refractivity contribution in [2.24, 2.45) is 0 Å². The van der Waals surface area contributed by atoms with E-state index in [1.165, 1.54) is 0 Å². The first kappa shape index (κ1) is 17.2. The smallest absolute Gasteiger partial charge is 0.327 e. The van der Waals surface area contributed by atoms with E-state index in [1.807, 2.05) is 35.2 Å². The van der Waals surface area contributed by atoms with E-state index in [9.17, 15) is 9.90 Å². The predicted octanol–water partition coefficient (Wildman–Crippen LogP) is 2.00. The van der Waals surface area contributed by atoms with E-state index in [0.29, 0.717) is 31.3 Å². The molecule has 1 aromatic carbocycles. The Morgan fingerprint density at radius 2 is 1.96 bits per heavy atom. The molecule has 0 unspecified atom stereocenters. The molecule has 1 atom stereocenters. The first-order chi connectivity index (χ1) is 13.2. The highest BCUT2D eigenvalue weighted by Crippen LogP contribution is 2.28. The number of aromatic nitrogens is 4. The molecule has 2 aromatic heterocycles. The van der Waals surface area contributed by atoms with Gasteiger partial charge in [-0.15, -0.1) is 0 Å². The Bertz CT molecular complexity index is 909. The second kappa shape index (κ2) is 7.55. The fourth-order valence-electron chi connectivity index (χ4n) is 3.31. The van der Waals surface area contributed by atoms with Crippen LogP contribution in [-0.2, 0) is 24.3 Å². The van der Waals surface area contributed by atoms with Crippen LogP contribution in [-0.4, -0.2) is 42.5 Å². The standard InChI is InChI=1S/C19H20N6O2/c26-18(27)17-16-15(23-12-24-16)6-7-25(17)11-14-9-21-19(22-10-14)20-8-13-4-2-1-3-5-13/h1-5,9-10,12,17H,6-8,11H2,(H,23,24)(H,26,27)(H,20,21,22)/t17-/m0/s1. The molecule has 0 amide bonds. The molecule has 0 fully saturated rings. The van der Waals surface area contributed by atoms with E-state index >= 15 is 0 Å². The normalized spacial score (nSPS) is 16.7. The number of imidazole rings is 1. The minimum atomic E-state index is -0.898. The van der Waals surface area contributed by atoms with Crippen LogP contribution in [0, 0.1) is 0 Å². The van der Waals surface area contributed by atoms with Crippen molar-refractivity contribution in [3.05, 3.63) is 71.6 Å². The molecule has 0 aliphatic carbocycles. The Hall–Kier alpha value is -3.26. The Morgan fingerprint density at radius 3 is 2.70 bits per heavy atom. The number of anilines is 1. The lowest BCUT2D eigenvalue weighted by Gasteiger charge is -2.31. The molecule has 3 heterocycles. The van der Waals surface area contributed by atoms with Gasteiger partial charge in [-0.3, -0.25) is 9.69 Å². The Labute approximate surface area is 156 Å². The number of carbonyl (C=O) groups is 1. The van der Waals surface area contributed by atoms with E-state index in [1.54, 1.807) is 18.7 Å². The number of fused-ring (bicyclic) bond motifs is 1. The number of nitrogens with one attached hydrogen (secondary N) is 2. The Morgan fingerprint density at radius 1 is 1.19 bits per heavy atom. The summed E-state index contributed by atoms with van der Waals surface area (Å²) in [6, 6.07) is 9.27. The van der Waals surface area contributed by atoms with Crippen LogP contribution in [0.25, 0.3) is 0 Å². The Kier molecular flexibility index (Phi) is 4.80. The lowest BCUT2D eigenvalue weighted by atomic mass is 10.0. The van der Waals surface area contributed by atoms with Gasteiger partial charge >= 0.3 is 5.97 Å². The molecule has 0 bridgehead atoms. The van der Waals surface area contributed by atoms with Crippen LogP contribution in [0.2, 0.25) is 0 Å². The SMILES string of the molecule is O=C(O)[C@@H]1c2nc[nH]c2CCN1Cc1cnc(NCc2ccccc2)nc1. The van der Waals surface area contributed by atoms with Crippen molar-refractivity contribution in [1.29, 1.82) is 0 Å². The summed E-state index contributed by atoms with van der Waals surface area (Å²) < 4.78 is 0. The topological polar surface area (TPSA) is 107 Å². The van der Waals surface area contributed by atoms with Crippen molar-refractivity contribution >= 4 is 11.9 Å². The second-order valence-corrected chi connectivity index (χ2v) is 6.48. The molecule has 1 aliphatic rings. The van der Waals surface area contributed by atoms with E-state index in [2.05, 4.69) is 25.3 Å². The summed E-state index contributed by atoms with van der Waals surface area (Å²) in [4.78, 5) is 29.6. The molecular weight excluding hydrogens is 344 g/mol. The van der Waals surface area contributed by atoms with Gasteiger partial charge in [-0.2, -0.15) is 0 Å². The average Bonchev–Trinajstić information content (AvgIpc) is 3.16. The number of H-pyrrole nitrogens is 1. The molecule has 4 rings (SSSR count). The minimum absolute atomic E-state index is 0.461. The monoisotopic (exact) mass is 364 g/mol. The third-order valence-electron chi connectivity index (χ3n) is 4.64. The highest BCUT2D eigenvalue weighted by atomic mass is 16.4. The summed E-state index contributed by atoms with van der Waals surface area (Å²) in [7, 11) is 0. The number of aromatic amines is 1. The van der Waals surface area contributed by atoms with Crippen LogP contribution in [0.4, 0.5) is 5.95 Å². The molecule has 0 saturated heterocycles. The maximum Gasteiger partial charge on any atom is 0.327 e. The van der Waals surface area contributed by atoms with Gasteiger partial charge < -0.3 is 15.4 Å². The van der Waals surface area contributed by atoms with Crippen molar-refractivity contribution in [3.8, 4) is 0 Å². The van der Waals surface area contributed by atoms with Gasteiger partial charge in [0.1, 0.15) is 0 Å². The number of carboxylic acids is 1. The fourth-order valence-corrected chi connectivity index (χ4v) is 3.31. The molecular formula is C19H20N6O2. The van der Waals surface area contributed by atoms with Crippen LogP contribution in [0.5, 0.6) is 0 Å². The first-order valence-electron chi connectivity index (χ1n) is 8.78. The zero-order valence-corrected chi connectivity index (χ0v) is 14.7. The van der Waals surface area contributed by atoms with E-state index < -0.39 is 12.0 Å². The van der Waals surface area contributed by atoms with E-state index in [4.69, 9.17) is 0 Å². The molecule has 0 saturated carbocycles. The molecule has 3 aromatic rings. The summed E-state index contributed by atoms with van der Waals surface area (Å²) in [6.45, 7) is 1.75. The van der Waals surface area contributed by atoms with Gasteiger partial charge in [0, 0.05) is 49.7 Å². The molecule has 0 spiro atoms. The van der Waals surface area contributed by atoms with Crippen molar-refractivity contribution in [2.75, 3.05) is 11.9 Å². The minimum Gasteiger partial charge on any atom is -0.480 e. The zero-order valence-electron chi connectivity index (χ0n) is 14.7. The van der Waals surface area contributed by atoms with Gasteiger partial charge in [-0.05, 0) is 5.56 Å². The molecule has 0 radical (unpaired) electrons. The summed E-state index contributed by atoms with van der Waals surface area (Å²) in [5.41, 5.74) is 3.51. The lowest BCUT2D eigenvalue weighted by Crippen LogP contribution is -2.39. The van der Waals surface area contributed by atoms with E-state index in [-0.39, 0.29) is 0 Å². The summed E-state index contributed by atoms with van der Waals surface area (Å²) in [6.07, 6.45) is 5.77. The number of nitrogens with zero attached hydrogens (tertiary/aromatic N) is 4. The lowest BCUT2D eigenvalue weighted by molar-refractivity contribution is -0.144. The van der Waals surface area contributed by atoms with Gasteiger partial charge in [0.2, 0.25) is 5.95 Å². The summed E-state index contributed by atoms with van der Waals surface area (Å²) in [5.74, 6) is -0.351. The summed E-state index contributed by atoms with van der Waals surface area (Å²) >= 11 is 0. The quantitative estimate of drug-likeness (QED) is 0.614. The van der Waals surface area contributed by atoms with Crippen LogP contribution in [0.1, 0.15) is 28.6 Å². The number of hydrogen-bond donors (Lipinski definition) is 3. The first-order valence-corrected chi connectivity index (χ1v) is 8.78. The maximum absolute atomic E-state index is 11.8. The van der Waals surface area contributed by atoms with Crippen molar-refractivity contribution in [1.82, 2.24) is 24.8 Å².